The second-order valence-corrected chi connectivity index (χ2v) is 14.7. The molecule has 200 valence electrons. The van der Waals surface area contributed by atoms with Crippen LogP contribution in [0.1, 0.15) is 96.3 Å². The Morgan fingerprint density at radius 2 is 1.41 bits per heavy atom. The van der Waals surface area contributed by atoms with E-state index in [1.165, 1.54) is 85.7 Å². The van der Waals surface area contributed by atoms with E-state index >= 15 is 0 Å². The lowest BCUT2D eigenvalue weighted by molar-refractivity contribution is 0.443. The van der Waals surface area contributed by atoms with Gasteiger partial charge in [-0.1, -0.05) is 109 Å². The van der Waals surface area contributed by atoms with E-state index in [1.807, 2.05) is 17.5 Å². The fourth-order valence-electron chi connectivity index (χ4n) is 6.12. The van der Waals surface area contributed by atoms with Crippen molar-refractivity contribution in [3.63, 3.8) is 0 Å². The molecule has 2 heterocycles. The SMILES string of the molecule is CC(C)(C)c1cc(-c2ccc3c(c2)sc2c(-c4cc(C5CCCCC5)ccn4)cccc23)cc(C(C)(C)C)c1. The molecular weight excluding hydrogens is 490 g/mol. The second-order valence-electron chi connectivity index (χ2n) is 13.6. The van der Waals surface area contributed by atoms with Crippen LogP contribution >= 0.6 is 11.3 Å². The van der Waals surface area contributed by atoms with Crippen LogP contribution in [0.2, 0.25) is 0 Å². The van der Waals surface area contributed by atoms with Gasteiger partial charge in [-0.25, -0.2) is 0 Å². The molecule has 0 spiro atoms. The van der Waals surface area contributed by atoms with E-state index in [-0.39, 0.29) is 10.8 Å². The van der Waals surface area contributed by atoms with E-state index < -0.39 is 0 Å². The highest BCUT2D eigenvalue weighted by molar-refractivity contribution is 7.26. The molecule has 0 amide bonds. The van der Waals surface area contributed by atoms with Gasteiger partial charge in [0.15, 0.2) is 0 Å². The highest BCUT2D eigenvalue weighted by Gasteiger charge is 2.22. The zero-order valence-electron chi connectivity index (χ0n) is 24.4. The largest absolute Gasteiger partial charge is 0.256 e. The van der Waals surface area contributed by atoms with Crippen LogP contribution in [0.25, 0.3) is 42.6 Å². The molecule has 5 aromatic rings. The van der Waals surface area contributed by atoms with E-state index in [0.29, 0.717) is 5.92 Å². The summed E-state index contributed by atoms with van der Waals surface area (Å²) in [7, 11) is 0. The first kappa shape index (κ1) is 26.3. The lowest BCUT2D eigenvalue weighted by Gasteiger charge is -2.26. The molecule has 0 saturated heterocycles. The highest BCUT2D eigenvalue weighted by Crippen LogP contribution is 2.42. The molecule has 0 unspecified atom stereocenters. The number of pyridine rings is 1. The van der Waals surface area contributed by atoms with Gasteiger partial charge >= 0.3 is 0 Å². The van der Waals surface area contributed by atoms with E-state index in [0.717, 1.165) is 5.69 Å². The maximum Gasteiger partial charge on any atom is 0.0719 e. The van der Waals surface area contributed by atoms with Crippen molar-refractivity contribution in [1.82, 2.24) is 4.98 Å². The predicted molar refractivity (Wildman–Crippen MR) is 171 cm³/mol. The first-order chi connectivity index (χ1) is 18.6. The Hall–Kier alpha value is -2.97. The Labute approximate surface area is 238 Å². The minimum absolute atomic E-state index is 0.103. The number of hydrogen-bond donors (Lipinski definition) is 0. The summed E-state index contributed by atoms with van der Waals surface area (Å²) in [5, 5.41) is 2.68. The van der Waals surface area contributed by atoms with Crippen molar-refractivity contribution in [1.29, 1.82) is 0 Å². The van der Waals surface area contributed by atoms with Gasteiger partial charge in [0.05, 0.1) is 5.69 Å². The molecule has 1 aliphatic rings. The second kappa shape index (κ2) is 9.89. The molecule has 0 aliphatic heterocycles. The Bertz CT molecular complexity index is 1620. The van der Waals surface area contributed by atoms with Crippen LogP contribution in [-0.4, -0.2) is 4.98 Å². The summed E-state index contributed by atoms with van der Waals surface area (Å²) >= 11 is 1.91. The minimum atomic E-state index is 0.103. The summed E-state index contributed by atoms with van der Waals surface area (Å²) in [4.78, 5) is 4.86. The van der Waals surface area contributed by atoms with Crippen LogP contribution in [0, 0.1) is 0 Å². The molecule has 1 aliphatic carbocycles. The molecule has 3 aromatic carbocycles. The van der Waals surface area contributed by atoms with Gasteiger partial charge in [0.1, 0.15) is 0 Å². The summed E-state index contributed by atoms with van der Waals surface area (Å²) in [6, 6.07) is 25.6. The molecule has 0 atom stereocenters. The third-order valence-electron chi connectivity index (χ3n) is 8.63. The average Bonchev–Trinajstić information content (AvgIpc) is 3.30. The Balaban J connectivity index is 1.46. The van der Waals surface area contributed by atoms with Crippen LogP contribution in [-0.2, 0) is 10.8 Å². The number of rotatable bonds is 3. The molecule has 1 nitrogen and oxygen atoms in total. The zero-order valence-corrected chi connectivity index (χ0v) is 25.2. The topological polar surface area (TPSA) is 12.9 Å². The number of fused-ring (bicyclic) bond motifs is 3. The normalized spacial score (nSPS) is 15.3. The van der Waals surface area contributed by atoms with Crippen molar-refractivity contribution < 1.29 is 0 Å². The van der Waals surface area contributed by atoms with Gasteiger partial charge in [0.25, 0.3) is 0 Å². The van der Waals surface area contributed by atoms with Crippen molar-refractivity contribution in [3.05, 3.63) is 89.6 Å². The van der Waals surface area contributed by atoms with Crippen LogP contribution in [0.3, 0.4) is 0 Å². The van der Waals surface area contributed by atoms with Crippen molar-refractivity contribution in [2.45, 2.75) is 90.4 Å². The van der Waals surface area contributed by atoms with E-state index in [2.05, 4.69) is 108 Å². The number of hydrogen-bond acceptors (Lipinski definition) is 2. The first-order valence-electron chi connectivity index (χ1n) is 14.7. The summed E-state index contributed by atoms with van der Waals surface area (Å²) in [6.45, 7) is 13.9. The summed E-state index contributed by atoms with van der Waals surface area (Å²) < 4.78 is 2.69. The summed E-state index contributed by atoms with van der Waals surface area (Å²) in [6.07, 6.45) is 8.74. The lowest BCUT2D eigenvalue weighted by atomic mass is 9.79. The standard InChI is InChI=1S/C37H41NS/c1-36(2,3)28-19-27(20-29(23-28)37(4,5)6)25-15-16-30-31-13-10-14-32(35(31)39-34(30)22-25)33-21-26(17-18-38-33)24-11-8-7-9-12-24/h10,13-24H,7-9,11-12H2,1-6H3. The number of nitrogens with zero attached hydrogens (tertiary/aromatic N) is 1. The molecule has 0 bridgehead atoms. The van der Waals surface area contributed by atoms with Gasteiger partial charge in [0, 0.05) is 31.9 Å². The number of benzene rings is 3. The molecule has 6 rings (SSSR count). The zero-order chi connectivity index (χ0) is 27.4. The van der Waals surface area contributed by atoms with Crippen LogP contribution in [0.4, 0.5) is 0 Å². The van der Waals surface area contributed by atoms with Crippen LogP contribution in [0.15, 0.2) is 72.9 Å². The quantitative estimate of drug-likeness (QED) is 0.226. The molecule has 2 heteroatoms. The monoisotopic (exact) mass is 531 g/mol. The molecule has 1 fully saturated rings. The fourth-order valence-corrected chi connectivity index (χ4v) is 7.39. The Morgan fingerprint density at radius 3 is 2.10 bits per heavy atom. The fraction of sp³-hybridized carbons (Fsp3) is 0.378. The third-order valence-corrected chi connectivity index (χ3v) is 9.84. The third kappa shape index (κ3) is 5.16. The van der Waals surface area contributed by atoms with E-state index in [9.17, 15) is 0 Å². The van der Waals surface area contributed by atoms with Crippen molar-refractivity contribution in [2.75, 3.05) is 0 Å². The van der Waals surface area contributed by atoms with Crippen LogP contribution in [0.5, 0.6) is 0 Å². The van der Waals surface area contributed by atoms with Gasteiger partial charge in [-0.2, -0.15) is 0 Å². The molecule has 39 heavy (non-hydrogen) atoms. The first-order valence-corrected chi connectivity index (χ1v) is 15.5. The van der Waals surface area contributed by atoms with Crippen molar-refractivity contribution in [2.24, 2.45) is 0 Å². The molecule has 0 N–H and O–H groups in total. The maximum atomic E-state index is 4.86. The summed E-state index contributed by atoms with van der Waals surface area (Å²) in [5.74, 6) is 0.687. The number of aromatic nitrogens is 1. The Kier molecular flexibility index (Phi) is 6.66. The van der Waals surface area contributed by atoms with Gasteiger partial charge in [0.2, 0.25) is 0 Å². The Morgan fingerprint density at radius 1 is 0.692 bits per heavy atom. The average molecular weight is 532 g/mol. The predicted octanol–water partition coefficient (Wildman–Crippen LogP) is 11.4. The molecule has 2 aromatic heterocycles. The number of thiophene rings is 1. The van der Waals surface area contributed by atoms with Gasteiger partial charge in [-0.05, 0) is 75.6 Å². The van der Waals surface area contributed by atoms with E-state index in [1.54, 1.807) is 0 Å². The molecule has 0 radical (unpaired) electrons. The summed E-state index contributed by atoms with van der Waals surface area (Å²) in [5.41, 5.74) is 9.45. The van der Waals surface area contributed by atoms with E-state index in [4.69, 9.17) is 4.98 Å². The van der Waals surface area contributed by atoms with Gasteiger partial charge in [-0.3, -0.25) is 4.98 Å². The van der Waals surface area contributed by atoms with Gasteiger partial charge < -0.3 is 0 Å². The molecule has 1 saturated carbocycles. The lowest BCUT2D eigenvalue weighted by Crippen LogP contribution is -2.16. The van der Waals surface area contributed by atoms with Crippen LogP contribution < -0.4 is 0 Å². The minimum Gasteiger partial charge on any atom is -0.256 e. The molecular formula is C37H41NS. The highest BCUT2D eigenvalue weighted by atomic mass is 32.1. The smallest absolute Gasteiger partial charge is 0.0719 e. The maximum absolute atomic E-state index is 4.86. The van der Waals surface area contributed by atoms with Crippen molar-refractivity contribution in [3.8, 4) is 22.4 Å². The van der Waals surface area contributed by atoms with Crippen molar-refractivity contribution >= 4 is 31.5 Å². The van der Waals surface area contributed by atoms with Gasteiger partial charge in [-0.15, -0.1) is 11.3 Å².